The van der Waals surface area contributed by atoms with Crippen molar-refractivity contribution >= 4 is 39.1 Å². The number of hydrogen-bond acceptors (Lipinski definition) is 6. The van der Waals surface area contributed by atoms with Crippen LogP contribution < -0.4 is 4.90 Å². The highest BCUT2D eigenvalue weighted by molar-refractivity contribution is 9.10. The first kappa shape index (κ1) is 20.7. The van der Waals surface area contributed by atoms with E-state index in [2.05, 4.69) is 15.9 Å². The Balaban J connectivity index is 1.66. The fourth-order valence-electron chi connectivity index (χ4n) is 6.11. The maximum absolute atomic E-state index is 13.9. The molecule has 1 saturated heterocycles. The zero-order valence-corrected chi connectivity index (χ0v) is 18.8. The van der Waals surface area contributed by atoms with Gasteiger partial charge in [0.2, 0.25) is 11.8 Å². The fourth-order valence-corrected chi connectivity index (χ4v) is 6.46. The average molecular weight is 520 g/mol. The van der Waals surface area contributed by atoms with Crippen LogP contribution in [0.2, 0.25) is 0 Å². The van der Waals surface area contributed by atoms with Crippen molar-refractivity contribution in [2.75, 3.05) is 4.90 Å². The summed E-state index contributed by atoms with van der Waals surface area (Å²) in [6, 6.07) is 17.7. The first-order valence-electron chi connectivity index (χ1n) is 10.4. The summed E-state index contributed by atoms with van der Waals surface area (Å²) in [5.74, 6) is -4.42. The summed E-state index contributed by atoms with van der Waals surface area (Å²) in [4.78, 5) is 52.0. The molecule has 0 spiro atoms. The molecule has 3 aliphatic carbocycles. The lowest BCUT2D eigenvalue weighted by atomic mass is 9.51. The Morgan fingerprint density at radius 1 is 0.853 bits per heavy atom. The van der Waals surface area contributed by atoms with E-state index in [-0.39, 0.29) is 5.69 Å². The lowest BCUT2D eigenvalue weighted by Gasteiger charge is -2.48. The molecular weight excluding hydrogens is 506 g/mol. The molecule has 0 N–H and O–H groups in total. The Kier molecular flexibility index (Phi) is 4.13. The molecule has 1 fully saturated rings. The molecule has 2 amide bonds. The summed E-state index contributed by atoms with van der Waals surface area (Å²) in [5.41, 5.74) is -0.564. The van der Waals surface area contributed by atoms with Crippen molar-refractivity contribution in [3.05, 3.63) is 114 Å². The molecule has 7 rings (SSSR count). The number of benzene rings is 3. The Labute approximate surface area is 200 Å². The number of hydrogen-bond donors (Lipinski definition) is 0. The van der Waals surface area contributed by atoms with E-state index < -0.39 is 50.6 Å². The maximum atomic E-state index is 13.9. The molecule has 0 radical (unpaired) electrons. The highest BCUT2D eigenvalue weighted by Crippen LogP contribution is 2.64. The van der Waals surface area contributed by atoms with E-state index in [1.165, 1.54) is 18.2 Å². The van der Waals surface area contributed by atoms with Gasteiger partial charge >= 0.3 is 0 Å². The minimum Gasteiger partial charge on any atom is -0.274 e. The fraction of sp³-hybridized carbons (Fsp3) is 0.167. The maximum Gasteiger partial charge on any atom is 0.294 e. The molecule has 34 heavy (non-hydrogen) atoms. The predicted molar refractivity (Wildman–Crippen MR) is 123 cm³/mol. The van der Waals surface area contributed by atoms with Crippen molar-refractivity contribution in [1.82, 2.24) is 0 Å². The van der Waals surface area contributed by atoms with Gasteiger partial charge in [-0.2, -0.15) is 0 Å². The van der Waals surface area contributed by atoms with Gasteiger partial charge in [-0.3, -0.25) is 29.8 Å². The average Bonchev–Trinajstić information content (AvgIpc) is 3.09. The van der Waals surface area contributed by atoms with E-state index in [0.29, 0.717) is 26.7 Å². The summed E-state index contributed by atoms with van der Waals surface area (Å²) in [5, 5.41) is 24.7. The minimum absolute atomic E-state index is 0.191. The molecule has 2 atom stereocenters. The van der Waals surface area contributed by atoms with E-state index >= 15 is 0 Å². The molecule has 2 bridgehead atoms. The highest BCUT2D eigenvalue weighted by atomic mass is 79.9. The second kappa shape index (κ2) is 6.80. The first-order valence-corrected chi connectivity index (χ1v) is 11.2. The van der Waals surface area contributed by atoms with Gasteiger partial charge in [-0.15, -0.1) is 0 Å². The van der Waals surface area contributed by atoms with E-state index in [1.807, 2.05) is 0 Å². The number of halogens is 1. The van der Waals surface area contributed by atoms with E-state index in [0.717, 1.165) is 4.90 Å². The van der Waals surface area contributed by atoms with Crippen molar-refractivity contribution in [2.24, 2.45) is 11.8 Å². The summed E-state index contributed by atoms with van der Waals surface area (Å²) < 4.78 is 0.404. The molecule has 0 aromatic heterocycles. The third kappa shape index (κ3) is 2.28. The molecule has 9 nitrogen and oxygen atoms in total. The van der Waals surface area contributed by atoms with Gasteiger partial charge in [0.1, 0.15) is 11.6 Å². The largest absolute Gasteiger partial charge is 0.294 e. The van der Waals surface area contributed by atoms with Gasteiger partial charge in [-0.1, -0.05) is 64.5 Å². The van der Waals surface area contributed by atoms with Gasteiger partial charge in [0.25, 0.3) is 11.2 Å². The second-order valence-electron chi connectivity index (χ2n) is 8.58. The molecule has 10 heteroatoms. The Morgan fingerprint density at radius 3 is 2.00 bits per heavy atom. The lowest BCUT2D eigenvalue weighted by Crippen LogP contribution is -2.57. The van der Waals surface area contributed by atoms with Crippen LogP contribution in [0.5, 0.6) is 0 Å². The van der Waals surface area contributed by atoms with Crippen LogP contribution in [-0.2, 0) is 15.1 Å². The first-order chi connectivity index (χ1) is 16.3. The summed E-state index contributed by atoms with van der Waals surface area (Å²) >= 11 is 3.18. The van der Waals surface area contributed by atoms with Crippen LogP contribution in [0.1, 0.15) is 28.2 Å². The number of amides is 2. The third-order valence-electron chi connectivity index (χ3n) is 7.24. The van der Waals surface area contributed by atoms with Gasteiger partial charge in [-0.25, -0.2) is 4.90 Å². The summed E-state index contributed by atoms with van der Waals surface area (Å²) in [7, 11) is 0. The van der Waals surface area contributed by atoms with Gasteiger partial charge in [-0.05, 0) is 23.3 Å². The lowest BCUT2D eigenvalue weighted by molar-refractivity contribution is -0.578. The van der Waals surface area contributed by atoms with Crippen molar-refractivity contribution in [3.8, 4) is 0 Å². The third-order valence-corrected chi connectivity index (χ3v) is 7.73. The Hall–Kier alpha value is -3.92. The standard InChI is InChI=1S/C24H14BrN3O6/c25-12-9-10-17(18(11-12)27(31)32)26-22(29)20-19-13-5-1-3-7-15(13)24(28(33)34,21(20)23(26)30)16-8-4-2-6-14(16)19/h1-11,19-21H/t19?,20-,21+,24?/m1/s1. The van der Waals surface area contributed by atoms with E-state index in [4.69, 9.17) is 0 Å². The number of imide groups is 1. The number of nitro groups is 2. The predicted octanol–water partition coefficient (Wildman–Crippen LogP) is 4.14. The van der Waals surface area contributed by atoms with Crippen LogP contribution in [0.15, 0.2) is 71.2 Å². The zero-order valence-electron chi connectivity index (χ0n) is 17.3. The minimum atomic E-state index is -1.97. The van der Waals surface area contributed by atoms with Gasteiger partial charge in [0, 0.05) is 32.5 Å². The number of rotatable bonds is 3. The molecular formula is C24H14BrN3O6. The van der Waals surface area contributed by atoms with Crippen LogP contribution in [0.4, 0.5) is 11.4 Å². The smallest absolute Gasteiger partial charge is 0.274 e. The number of nitro benzene ring substituents is 1. The molecule has 0 saturated carbocycles. The number of carbonyl (C=O) groups is 2. The molecule has 4 aliphatic rings. The van der Waals surface area contributed by atoms with E-state index in [1.54, 1.807) is 48.5 Å². The zero-order chi connectivity index (χ0) is 23.9. The molecule has 3 aromatic carbocycles. The molecule has 168 valence electrons. The highest BCUT2D eigenvalue weighted by Gasteiger charge is 2.75. The number of nitrogens with zero attached hydrogens (tertiary/aromatic N) is 3. The molecule has 1 aliphatic heterocycles. The molecule has 1 heterocycles. The number of carbonyl (C=O) groups excluding carboxylic acids is 2. The van der Waals surface area contributed by atoms with E-state index in [9.17, 15) is 29.8 Å². The number of anilines is 1. The van der Waals surface area contributed by atoms with Gasteiger partial charge in [0.15, 0.2) is 0 Å². The van der Waals surface area contributed by atoms with Crippen molar-refractivity contribution < 1.29 is 19.4 Å². The van der Waals surface area contributed by atoms with Crippen molar-refractivity contribution in [3.63, 3.8) is 0 Å². The quantitative estimate of drug-likeness (QED) is 0.291. The van der Waals surface area contributed by atoms with Crippen LogP contribution in [0.25, 0.3) is 0 Å². The van der Waals surface area contributed by atoms with Gasteiger partial charge in [0.05, 0.1) is 10.8 Å². The van der Waals surface area contributed by atoms with Crippen LogP contribution >= 0.6 is 15.9 Å². The van der Waals surface area contributed by atoms with Crippen LogP contribution in [0, 0.1) is 32.1 Å². The van der Waals surface area contributed by atoms with Crippen LogP contribution in [0.3, 0.4) is 0 Å². The van der Waals surface area contributed by atoms with Crippen molar-refractivity contribution in [1.29, 1.82) is 0 Å². The SMILES string of the molecule is O=C1[C@@H]2C3c4ccccc4C([N+](=O)[O-])(c4ccccc43)[C@@H]2C(=O)N1c1ccc(Br)cc1[N+](=O)[O-]. The molecule has 0 unspecified atom stereocenters. The van der Waals surface area contributed by atoms with Crippen molar-refractivity contribution in [2.45, 2.75) is 11.5 Å². The monoisotopic (exact) mass is 519 g/mol. The summed E-state index contributed by atoms with van der Waals surface area (Å²) in [6.07, 6.45) is 0. The van der Waals surface area contributed by atoms with Crippen LogP contribution in [-0.4, -0.2) is 21.7 Å². The topological polar surface area (TPSA) is 124 Å². The Bertz CT molecular complexity index is 1420. The Morgan fingerprint density at radius 2 is 1.44 bits per heavy atom. The second-order valence-corrected chi connectivity index (χ2v) is 9.50. The molecule has 3 aromatic rings. The normalized spacial score (nSPS) is 26.1. The van der Waals surface area contributed by atoms with Gasteiger partial charge < -0.3 is 0 Å². The summed E-state index contributed by atoms with van der Waals surface area (Å²) in [6.45, 7) is 0.